The van der Waals surface area contributed by atoms with E-state index >= 15 is 0 Å². The molecule has 2 aromatic rings. The lowest BCUT2D eigenvalue weighted by Crippen LogP contribution is -2.29. The number of nitrogens with two attached hydrogens (primary N) is 1. The normalized spacial score (nSPS) is 9.19. The molecule has 0 aliphatic rings. The van der Waals surface area contributed by atoms with Gasteiger partial charge < -0.3 is 0 Å². The maximum Gasteiger partial charge on any atom is 0.265 e. The van der Waals surface area contributed by atoms with Crippen LogP contribution in [0.5, 0.6) is 0 Å². The highest BCUT2D eigenvalue weighted by Crippen LogP contribution is 2.15. The molecule has 3 N–H and O–H groups in total. The minimum Gasteiger partial charge on any atom is -0.290 e. The van der Waals surface area contributed by atoms with Crippen LogP contribution >= 0.6 is 0 Å². The van der Waals surface area contributed by atoms with Crippen molar-refractivity contribution < 1.29 is 4.79 Å². The van der Waals surface area contributed by atoms with Crippen molar-refractivity contribution in [3.63, 3.8) is 0 Å². The van der Waals surface area contributed by atoms with Crippen molar-refractivity contribution in [2.75, 3.05) is 0 Å². The third-order valence-electron chi connectivity index (χ3n) is 2.14. The summed E-state index contributed by atoms with van der Waals surface area (Å²) in [7, 11) is 0. The Morgan fingerprint density at radius 2 is 1.69 bits per heavy atom. The molecule has 0 saturated carbocycles. The van der Waals surface area contributed by atoms with E-state index < -0.39 is 0 Å². The zero-order chi connectivity index (χ0) is 12.0. The van der Waals surface area contributed by atoms with Crippen LogP contribution in [0.25, 0.3) is 10.8 Å². The summed E-state index contributed by atoms with van der Waals surface area (Å²) in [6, 6.07) is 13.3. The van der Waals surface area contributed by atoms with Gasteiger partial charge in [0.15, 0.2) is 0 Å². The minimum atomic E-state index is -0.268. The Labute approximate surface area is 95.2 Å². The number of rotatable bonds is 1. The molecule has 0 heterocycles. The van der Waals surface area contributed by atoms with Gasteiger partial charge in [0, 0.05) is 5.56 Å². The average molecular weight is 216 g/mol. The molecule has 0 aliphatic carbocycles. The number of benzene rings is 2. The summed E-state index contributed by atoms with van der Waals surface area (Å²) in [6.07, 6.45) is 0. The Balaban J connectivity index is 0.000000606. The zero-order valence-corrected chi connectivity index (χ0v) is 9.53. The van der Waals surface area contributed by atoms with Crippen LogP contribution in [-0.4, -0.2) is 5.91 Å². The van der Waals surface area contributed by atoms with Crippen LogP contribution in [0, 0.1) is 0 Å². The van der Waals surface area contributed by atoms with E-state index in [-0.39, 0.29) is 5.91 Å². The molecule has 0 aliphatic heterocycles. The van der Waals surface area contributed by atoms with Crippen molar-refractivity contribution in [3.05, 3.63) is 48.0 Å². The number of carbonyl (C=O) groups is 1. The van der Waals surface area contributed by atoms with Crippen molar-refractivity contribution in [1.82, 2.24) is 5.43 Å². The van der Waals surface area contributed by atoms with E-state index in [1.54, 1.807) is 6.07 Å². The van der Waals surface area contributed by atoms with Gasteiger partial charge in [-0.1, -0.05) is 44.2 Å². The Bertz CT molecular complexity index is 480. The molecule has 1 amide bonds. The average Bonchev–Trinajstić information content (AvgIpc) is 2.39. The Kier molecular flexibility index (Phi) is 4.48. The highest BCUT2D eigenvalue weighted by atomic mass is 16.2. The number of amides is 1. The first-order chi connectivity index (χ1) is 7.81. The SMILES string of the molecule is CC.NNC(=O)c1ccc2ccccc2c1. The molecular formula is C13H16N2O. The lowest BCUT2D eigenvalue weighted by Gasteiger charge is -2.01. The molecule has 0 atom stereocenters. The number of hydrazine groups is 1. The van der Waals surface area contributed by atoms with Crippen LogP contribution in [0.4, 0.5) is 0 Å². The first-order valence-corrected chi connectivity index (χ1v) is 5.31. The summed E-state index contributed by atoms with van der Waals surface area (Å²) in [5.41, 5.74) is 2.68. The lowest BCUT2D eigenvalue weighted by atomic mass is 10.1. The standard InChI is InChI=1S/C11H10N2O.C2H6/c12-13-11(14)10-6-5-8-3-1-2-4-9(8)7-10;1-2/h1-7H,12H2,(H,13,14);1-2H3. The fourth-order valence-corrected chi connectivity index (χ4v) is 1.41. The third kappa shape index (κ3) is 2.58. The summed E-state index contributed by atoms with van der Waals surface area (Å²) in [6.45, 7) is 4.00. The van der Waals surface area contributed by atoms with E-state index in [4.69, 9.17) is 5.84 Å². The molecule has 16 heavy (non-hydrogen) atoms. The van der Waals surface area contributed by atoms with Crippen LogP contribution in [0.2, 0.25) is 0 Å². The van der Waals surface area contributed by atoms with Gasteiger partial charge in [0.05, 0.1) is 0 Å². The fraction of sp³-hybridized carbons (Fsp3) is 0.154. The quantitative estimate of drug-likeness (QED) is 0.437. The third-order valence-corrected chi connectivity index (χ3v) is 2.14. The molecular weight excluding hydrogens is 200 g/mol. The molecule has 3 heteroatoms. The molecule has 0 radical (unpaired) electrons. The van der Waals surface area contributed by atoms with Crippen molar-refractivity contribution in [1.29, 1.82) is 0 Å². The van der Waals surface area contributed by atoms with Gasteiger partial charge in [-0.15, -0.1) is 0 Å². The topological polar surface area (TPSA) is 55.1 Å². The first-order valence-electron chi connectivity index (χ1n) is 5.31. The second-order valence-corrected chi connectivity index (χ2v) is 3.04. The second-order valence-electron chi connectivity index (χ2n) is 3.04. The Morgan fingerprint density at radius 3 is 2.31 bits per heavy atom. The van der Waals surface area contributed by atoms with E-state index in [1.807, 2.05) is 50.2 Å². The molecule has 2 aromatic carbocycles. The van der Waals surface area contributed by atoms with E-state index in [0.717, 1.165) is 10.8 Å². The number of carbonyl (C=O) groups excluding carboxylic acids is 1. The molecule has 84 valence electrons. The molecule has 2 rings (SSSR count). The predicted octanol–water partition coefficient (Wildman–Crippen LogP) is 2.47. The van der Waals surface area contributed by atoms with Gasteiger partial charge in [-0.05, 0) is 22.9 Å². The van der Waals surface area contributed by atoms with Gasteiger partial charge in [-0.25, -0.2) is 5.84 Å². The summed E-state index contributed by atoms with van der Waals surface area (Å²) in [5.74, 6) is 4.78. The summed E-state index contributed by atoms with van der Waals surface area (Å²) in [5, 5.41) is 2.15. The first kappa shape index (κ1) is 12.2. The molecule has 0 unspecified atom stereocenters. The molecule has 3 nitrogen and oxygen atoms in total. The van der Waals surface area contributed by atoms with E-state index in [0.29, 0.717) is 5.56 Å². The Morgan fingerprint density at radius 1 is 1.06 bits per heavy atom. The summed E-state index contributed by atoms with van der Waals surface area (Å²) >= 11 is 0. The van der Waals surface area contributed by atoms with Gasteiger partial charge in [0.2, 0.25) is 0 Å². The minimum absolute atomic E-state index is 0.268. The van der Waals surface area contributed by atoms with Crippen molar-refractivity contribution in [2.24, 2.45) is 5.84 Å². The van der Waals surface area contributed by atoms with Gasteiger partial charge in [-0.2, -0.15) is 0 Å². The second kappa shape index (κ2) is 5.88. The predicted molar refractivity (Wildman–Crippen MR) is 66.9 cm³/mol. The highest BCUT2D eigenvalue weighted by Gasteiger charge is 2.02. The summed E-state index contributed by atoms with van der Waals surface area (Å²) in [4.78, 5) is 11.2. The fourth-order valence-electron chi connectivity index (χ4n) is 1.41. The van der Waals surface area contributed by atoms with E-state index in [2.05, 4.69) is 5.43 Å². The monoisotopic (exact) mass is 216 g/mol. The maximum atomic E-state index is 11.2. The van der Waals surface area contributed by atoms with Crippen LogP contribution in [0.1, 0.15) is 24.2 Å². The molecule has 0 bridgehead atoms. The molecule has 0 spiro atoms. The lowest BCUT2D eigenvalue weighted by molar-refractivity contribution is 0.0954. The van der Waals surface area contributed by atoms with Gasteiger partial charge in [0.1, 0.15) is 0 Å². The van der Waals surface area contributed by atoms with Crippen molar-refractivity contribution >= 4 is 16.7 Å². The van der Waals surface area contributed by atoms with E-state index in [1.165, 1.54) is 0 Å². The number of hydrogen-bond acceptors (Lipinski definition) is 2. The van der Waals surface area contributed by atoms with Gasteiger partial charge in [0.25, 0.3) is 5.91 Å². The summed E-state index contributed by atoms with van der Waals surface area (Å²) < 4.78 is 0. The molecule has 0 fully saturated rings. The Hall–Kier alpha value is -1.87. The van der Waals surface area contributed by atoms with E-state index in [9.17, 15) is 4.79 Å². The smallest absolute Gasteiger partial charge is 0.265 e. The van der Waals surface area contributed by atoms with Crippen LogP contribution in [0.3, 0.4) is 0 Å². The maximum absolute atomic E-state index is 11.2. The van der Waals surface area contributed by atoms with Gasteiger partial charge in [-0.3, -0.25) is 10.2 Å². The zero-order valence-electron chi connectivity index (χ0n) is 9.53. The number of nitrogen functional groups attached to an aromatic ring is 1. The van der Waals surface area contributed by atoms with Crippen LogP contribution < -0.4 is 11.3 Å². The van der Waals surface area contributed by atoms with Crippen molar-refractivity contribution in [3.8, 4) is 0 Å². The number of hydrogen-bond donors (Lipinski definition) is 2. The van der Waals surface area contributed by atoms with Crippen LogP contribution in [-0.2, 0) is 0 Å². The molecule has 0 saturated heterocycles. The number of fused-ring (bicyclic) bond motifs is 1. The highest BCUT2D eigenvalue weighted by molar-refractivity contribution is 5.98. The largest absolute Gasteiger partial charge is 0.290 e. The number of nitrogens with one attached hydrogen (secondary N) is 1. The van der Waals surface area contributed by atoms with Crippen LogP contribution in [0.15, 0.2) is 42.5 Å². The van der Waals surface area contributed by atoms with Gasteiger partial charge >= 0.3 is 0 Å². The molecule has 0 aromatic heterocycles. The van der Waals surface area contributed by atoms with Crippen molar-refractivity contribution in [2.45, 2.75) is 13.8 Å².